The molecule has 0 unspecified atom stereocenters. The molecule has 1 heterocycles. The summed E-state index contributed by atoms with van der Waals surface area (Å²) in [6, 6.07) is 9.77. The number of aryl methyl sites for hydroxylation is 1. The number of carbonyl (C=O) groups is 1. The lowest BCUT2D eigenvalue weighted by Gasteiger charge is -2.27. The van der Waals surface area contributed by atoms with Crippen LogP contribution in [0.4, 0.5) is 0 Å². The molecule has 1 aromatic carbocycles. The summed E-state index contributed by atoms with van der Waals surface area (Å²) in [5.41, 5.74) is 2.69. The number of ketones is 1. The molecular formula is C16H16O2. The monoisotopic (exact) mass is 240 g/mol. The van der Waals surface area contributed by atoms with Gasteiger partial charge in [-0.05, 0) is 37.3 Å². The van der Waals surface area contributed by atoms with Crippen molar-refractivity contribution in [3.8, 4) is 0 Å². The maximum absolute atomic E-state index is 12.5. The van der Waals surface area contributed by atoms with Gasteiger partial charge in [0.1, 0.15) is 12.0 Å². The molecule has 1 aliphatic rings. The average molecular weight is 240 g/mol. The van der Waals surface area contributed by atoms with Crippen LogP contribution in [0.25, 0.3) is 0 Å². The summed E-state index contributed by atoms with van der Waals surface area (Å²) < 4.78 is 5.23. The van der Waals surface area contributed by atoms with Gasteiger partial charge in [0, 0.05) is 5.56 Å². The molecule has 2 nitrogen and oxygen atoms in total. The molecule has 3 rings (SSSR count). The minimum Gasteiger partial charge on any atom is -0.469 e. The average Bonchev–Trinajstić information content (AvgIpc) is 2.74. The Hall–Kier alpha value is -1.83. The van der Waals surface area contributed by atoms with Gasteiger partial charge in [-0.2, -0.15) is 0 Å². The lowest BCUT2D eigenvalue weighted by atomic mass is 9.77. The molecule has 1 fully saturated rings. The smallest absolute Gasteiger partial charge is 0.196 e. The highest BCUT2D eigenvalue weighted by Crippen LogP contribution is 2.38. The Labute approximate surface area is 107 Å². The van der Waals surface area contributed by atoms with Crippen molar-refractivity contribution in [2.45, 2.75) is 32.1 Å². The van der Waals surface area contributed by atoms with Crippen molar-refractivity contribution in [2.75, 3.05) is 0 Å². The molecule has 0 atom stereocenters. The maximum Gasteiger partial charge on any atom is 0.196 e. The summed E-state index contributed by atoms with van der Waals surface area (Å²) in [6.45, 7) is 1.86. The summed E-state index contributed by atoms with van der Waals surface area (Å²) in [6.07, 6.45) is 5.23. The van der Waals surface area contributed by atoms with Crippen molar-refractivity contribution in [1.29, 1.82) is 0 Å². The molecule has 1 aliphatic carbocycles. The Balaban J connectivity index is 1.98. The van der Waals surface area contributed by atoms with E-state index in [0.29, 0.717) is 11.5 Å². The molecule has 0 amide bonds. The molecule has 1 aromatic heterocycles. The molecule has 0 spiro atoms. The van der Waals surface area contributed by atoms with Gasteiger partial charge in [-0.3, -0.25) is 4.79 Å². The van der Waals surface area contributed by atoms with Crippen LogP contribution in [0.1, 0.15) is 52.4 Å². The van der Waals surface area contributed by atoms with E-state index in [1.165, 1.54) is 24.8 Å². The van der Waals surface area contributed by atoms with E-state index < -0.39 is 0 Å². The zero-order valence-electron chi connectivity index (χ0n) is 10.5. The lowest BCUT2D eigenvalue weighted by molar-refractivity contribution is 0.103. The van der Waals surface area contributed by atoms with Gasteiger partial charge in [0.05, 0.1) is 5.56 Å². The van der Waals surface area contributed by atoms with E-state index in [1.807, 2.05) is 25.1 Å². The van der Waals surface area contributed by atoms with Crippen molar-refractivity contribution in [3.63, 3.8) is 0 Å². The molecule has 18 heavy (non-hydrogen) atoms. The van der Waals surface area contributed by atoms with Crippen molar-refractivity contribution in [3.05, 3.63) is 59.0 Å². The first-order chi connectivity index (χ1) is 8.75. The highest BCUT2D eigenvalue weighted by Gasteiger charge is 2.24. The Morgan fingerprint density at radius 2 is 2.06 bits per heavy atom. The van der Waals surface area contributed by atoms with E-state index in [9.17, 15) is 4.79 Å². The quantitative estimate of drug-likeness (QED) is 0.756. The number of hydrogen-bond acceptors (Lipinski definition) is 2. The third-order valence-corrected chi connectivity index (χ3v) is 3.74. The predicted molar refractivity (Wildman–Crippen MR) is 69.9 cm³/mol. The second kappa shape index (κ2) is 4.45. The lowest BCUT2D eigenvalue weighted by Crippen LogP contribution is -2.14. The van der Waals surface area contributed by atoms with Crippen LogP contribution in [-0.2, 0) is 0 Å². The van der Waals surface area contributed by atoms with Crippen LogP contribution in [0.3, 0.4) is 0 Å². The van der Waals surface area contributed by atoms with E-state index in [0.717, 1.165) is 11.3 Å². The van der Waals surface area contributed by atoms with Gasteiger partial charge in [0.2, 0.25) is 0 Å². The normalized spacial score (nSPS) is 15.4. The second-order valence-corrected chi connectivity index (χ2v) is 4.99. The standard InChI is InChI=1S/C16H16O2/c1-11-9-13(10-18-11)16(17)15-8-3-2-7-14(15)12-5-4-6-12/h2-3,7-10,12H,4-6H2,1H3. The first-order valence-electron chi connectivity index (χ1n) is 6.44. The Bertz CT molecular complexity index is 576. The molecule has 0 radical (unpaired) electrons. The number of benzene rings is 1. The Morgan fingerprint density at radius 1 is 1.28 bits per heavy atom. The maximum atomic E-state index is 12.5. The third-order valence-electron chi connectivity index (χ3n) is 3.74. The number of carbonyl (C=O) groups excluding carboxylic acids is 1. The number of rotatable bonds is 3. The highest BCUT2D eigenvalue weighted by molar-refractivity contribution is 6.09. The first-order valence-corrected chi connectivity index (χ1v) is 6.44. The Morgan fingerprint density at radius 3 is 2.67 bits per heavy atom. The fourth-order valence-corrected chi connectivity index (χ4v) is 2.50. The molecule has 0 bridgehead atoms. The predicted octanol–water partition coefficient (Wildman–Crippen LogP) is 4.09. The van der Waals surface area contributed by atoms with Gasteiger partial charge in [-0.25, -0.2) is 0 Å². The fourth-order valence-electron chi connectivity index (χ4n) is 2.50. The molecule has 2 heteroatoms. The first kappa shape index (κ1) is 11.3. The van der Waals surface area contributed by atoms with Gasteiger partial charge in [0.15, 0.2) is 5.78 Å². The molecule has 2 aromatic rings. The summed E-state index contributed by atoms with van der Waals surface area (Å²) in [4.78, 5) is 12.5. The van der Waals surface area contributed by atoms with Crippen LogP contribution < -0.4 is 0 Å². The third kappa shape index (κ3) is 1.88. The summed E-state index contributed by atoms with van der Waals surface area (Å²) in [7, 11) is 0. The largest absolute Gasteiger partial charge is 0.469 e. The van der Waals surface area contributed by atoms with Crippen molar-refractivity contribution < 1.29 is 9.21 Å². The topological polar surface area (TPSA) is 30.2 Å². The fraction of sp³-hybridized carbons (Fsp3) is 0.312. The van der Waals surface area contributed by atoms with E-state index in [4.69, 9.17) is 4.42 Å². The highest BCUT2D eigenvalue weighted by atomic mass is 16.3. The van der Waals surface area contributed by atoms with Crippen LogP contribution in [0.15, 0.2) is 41.0 Å². The summed E-state index contributed by atoms with van der Waals surface area (Å²) in [5, 5.41) is 0. The van der Waals surface area contributed by atoms with Crippen LogP contribution in [0.2, 0.25) is 0 Å². The number of furan rings is 1. The van der Waals surface area contributed by atoms with Crippen LogP contribution >= 0.6 is 0 Å². The van der Waals surface area contributed by atoms with Crippen LogP contribution in [0, 0.1) is 6.92 Å². The zero-order valence-corrected chi connectivity index (χ0v) is 10.5. The van der Waals surface area contributed by atoms with E-state index >= 15 is 0 Å². The number of hydrogen-bond donors (Lipinski definition) is 0. The zero-order chi connectivity index (χ0) is 12.5. The molecule has 0 N–H and O–H groups in total. The molecule has 1 saturated carbocycles. The van der Waals surface area contributed by atoms with E-state index in [-0.39, 0.29) is 5.78 Å². The van der Waals surface area contributed by atoms with E-state index in [2.05, 4.69) is 6.07 Å². The van der Waals surface area contributed by atoms with Gasteiger partial charge < -0.3 is 4.42 Å². The van der Waals surface area contributed by atoms with Crippen molar-refractivity contribution in [1.82, 2.24) is 0 Å². The minimum absolute atomic E-state index is 0.0781. The summed E-state index contributed by atoms with van der Waals surface area (Å²) >= 11 is 0. The molecular weight excluding hydrogens is 224 g/mol. The SMILES string of the molecule is Cc1cc(C(=O)c2ccccc2C2CCC2)co1. The van der Waals surface area contributed by atoms with Gasteiger partial charge in [-0.1, -0.05) is 30.7 Å². The summed E-state index contributed by atoms with van der Waals surface area (Å²) in [5.74, 6) is 1.42. The second-order valence-electron chi connectivity index (χ2n) is 4.99. The Kier molecular flexibility index (Phi) is 2.78. The van der Waals surface area contributed by atoms with Crippen molar-refractivity contribution in [2.24, 2.45) is 0 Å². The van der Waals surface area contributed by atoms with E-state index in [1.54, 1.807) is 12.3 Å². The van der Waals surface area contributed by atoms with Gasteiger partial charge in [0.25, 0.3) is 0 Å². The van der Waals surface area contributed by atoms with Gasteiger partial charge in [-0.15, -0.1) is 0 Å². The minimum atomic E-state index is 0.0781. The molecule has 92 valence electrons. The van der Waals surface area contributed by atoms with Crippen molar-refractivity contribution >= 4 is 5.78 Å². The van der Waals surface area contributed by atoms with Crippen LogP contribution in [0.5, 0.6) is 0 Å². The van der Waals surface area contributed by atoms with Gasteiger partial charge >= 0.3 is 0 Å². The molecule has 0 saturated heterocycles. The molecule has 0 aliphatic heterocycles. The van der Waals surface area contributed by atoms with Crippen LogP contribution in [-0.4, -0.2) is 5.78 Å².